The highest BCUT2D eigenvalue weighted by Gasteiger charge is 2.20. The van der Waals surface area contributed by atoms with Crippen LogP contribution in [0.3, 0.4) is 0 Å². The van der Waals surface area contributed by atoms with E-state index in [1.807, 2.05) is 42.5 Å². The molecule has 0 radical (unpaired) electrons. The summed E-state index contributed by atoms with van der Waals surface area (Å²) in [5, 5.41) is 6.10. The molecule has 32 heavy (non-hydrogen) atoms. The first-order valence-electron chi connectivity index (χ1n) is 9.25. The lowest BCUT2D eigenvalue weighted by molar-refractivity contribution is 0.592. The van der Waals surface area contributed by atoms with Crippen LogP contribution in [0, 0.1) is 5.82 Å². The van der Waals surface area contributed by atoms with Gasteiger partial charge in [0.2, 0.25) is 20.9 Å². The lowest BCUT2D eigenvalue weighted by Gasteiger charge is -2.16. The van der Waals surface area contributed by atoms with Crippen LogP contribution < -0.4 is 9.44 Å². The van der Waals surface area contributed by atoms with Crippen molar-refractivity contribution in [3.63, 3.8) is 0 Å². The number of halogens is 1. The van der Waals surface area contributed by atoms with Gasteiger partial charge in [-0.05, 0) is 42.0 Å². The molecule has 0 aliphatic heterocycles. The number of anilines is 1. The molecule has 0 aliphatic rings. The van der Waals surface area contributed by atoms with Gasteiger partial charge in [-0.15, -0.1) is 0 Å². The molecule has 10 heteroatoms. The molecule has 4 rings (SSSR count). The van der Waals surface area contributed by atoms with E-state index in [1.165, 1.54) is 12.3 Å². The van der Waals surface area contributed by atoms with E-state index >= 15 is 0 Å². The maximum Gasteiger partial charge on any atom is 0.240 e. The Balaban J connectivity index is 1.64. The molecule has 1 heterocycles. The van der Waals surface area contributed by atoms with Crippen LogP contribution in [0.25, 0.3) is 28.4 Å². The monoisotopic (exact) mass is 472 g/mol. The predicted octanol–water partition coefficient (Wildman–Crippen LogP) is 3.89. The van der Waals surface area contributed by atoms with Gasteiger partial charge in [-0.25, -0.2) is 30.7 Å². The first-order chi connectivity index (χ1) is 15.2. The van der Waals surface area contributed by atoms with Gasteiger partial charge in [0, 0.05) is 17.1 Å². The van der Waals surface area contributed by atoms with Crippen LogP contribution in [0.4, 0.5) is 10.1 Å². The first kappa shape index (κ1) is 21.8. The molecule has 1 aromatic heterocycles. The van der Waals surface area contributed by atoms with Gasteiger partial charge >= 0.3 is 0 Å². The number of rotatable bonds is 6. The summed E-state index contributed by atoms with van der Waals surface area (Å²) in [5.41, 5.74) is 1.97. The van der Waals surface area contributed by atoms with Crippen LogP contribution in [0.1, 0.15) is 5.56 Å². The highest BCUT2D eigenvalue weighted by Crippen LogP contribution is 2.29. The number of sulfonamides is 1. The fourth-order valence-electron chi connectivity index (χ4n) is 3.17. The molecule has 0 amide bonds. The predicted molar refractivity (Wildman–Crippen MR) is 121 cm³/mol. The van der Waals surface area contributed by atoms with Gasteiger partial charge in [-0.1, -0.05) is 42.5 Å². The molecule has 0 aliphatic carbocycles. The van der Waals surface area contributed by atoms with Crippen molar-refractivity contribution < 1.29 is 25.6 Å². The third kappa shape index (κ3) is 4.57. The molecule has 164 valence electrons. The molecular weight excluding hydrogens is 455 g/mol. The highest BCUT2D eigenvalue weighted by atomic mass is 32.2. The number of primary sulfonamides is 1. The third-order valence-electron chi connectivity index (χ3n) is 4.68. The van der Waals surface area contributed by atoms with Crippen LogP contribution in [-0.4, -0.2) is 16.8 Å². The van der Waals surface area contributed by atoms with Crippen molar-refractivity contribution in [2.75, 3.05) is 4.31 Å². The van der Waals surface area contributed by atoms with Crippen LogP contribution in [0.5, 0.6) is 0 Å². The van der Waals surface area contributed by atoms with E-state index in [9.17, 15) is 21.2 Å². The number of hydrogen-bond acceptors (Lipinski definition) is 5. The van der Waals surface area contributed by atoms with E-state index in [0.29, 0.717) is 21.7 Å². The molecule has 0 unspecified atom stereocenters. The van der Waals surface area contributed by atoms with Crippen molar-refractivity contribution >= 4 is 43.6 Å². The minimum atomic E-state index is -4.36. The first-order valence-corrected chi connectivity index (χ1v) is 11.9. The Hall–Kier alpha value is -3.47. The van der Waals surface area contributed by atoms with Crippen LogP contribution in [0.2, 0.25) is 0 Å². The van der Waals surface area contributed by atoms with E-state index in [2.05, 4.69) is 0 Å². The van der Waals surface area contributed by atoms with Crippen LogP contribution >= 0.6 is 0 Å². The zero-order valence-electron chi connectivity index (χ0n) is 16.4. The average Bonchev–Trinajstić information content (AvgIpc) is 3.18. The number of para-hydroxylation sites is 1. The summed E-state index contributed by atoms with van der Waals surface area (Å²) in [6.45, 7) is 0. The highest BCUT2D eigenvalue weighted by molar-refractivity contribution is 7.89. The molecule has 4 aromatic rings. The smallest absolute Gasteiger partial charge is 0.240 e. The van der Waals surface area contributed by atoms with Crippen molar-refractivity contribution in [2.24, 2.45) is 5.14 Å². The minimum absolute atomic E-state index is 0.278. The lowest BCUT2D eigenvalue weighted by atomic mass is 10.1. The van der Waals surface area contributed by atoms with Crippen LogP contribution in [-0.2, 0) is 20.9 Å². The number of benzene rings is 3. The summed E-state index contributed by atoms with van der Waals surface area (Å²) in [4.78, 5) is -0.637. The van der Waals surface area contributed by atoms with E-state index in [-0.39, 0.29) is 5.69 Å². The van der Waals surface area contributed by atoms with Gasteiger partial charge in [0.25, 0.3) is 0 Å². The number of nitrogens with two attached hydrogens (primary N) is 1. The SMILES string of the molecule is NS(=O)(=O)c1cc(F)ccc1N(C=Cc1ccc(-c2cc3ccccc3o2)cc1)[SH](=O)=O. The zero-order valence-corrected chi connectivity index (χ0v) is 18.1. The number of fused-ring (bicyclic) bond motifs is 1. The molecule has 0 fully saturated rings. The number of nitrogens with zero attached hydrogens (tertiary/aromatic N) is 1. The van der Waals surface area contributed by atoms with Gasteiger partial charge in [0.15, 0.2) is 0 Å². The van der Waals surface area contributed by atoms with E-state index in [1.54, 1.807) is 12.1 Å². The van der Waals surface area contributed by atoms with Crippen molar-refractivity contribution in [3.05, 3.63) is 90.4 Å². The van der Waals surface area contributed by atoms with Gasteiger partial charge in [0.05, 0.1) is 5.69 Å². The second kappa shape index (κ2) is 8.58. The molecule has 7 nitrogen and oxygen atoms in total. The largest absolute Gasteiger partial charge is 0.456 e. The van der Waals surface area contributed by atoms with Gasteiger partial charge in [-0.2, -0.15) is 0 Å². The summed E-state index contributed by atoms with van der Waals surface area (Å²) >= 11 is 0. The maximum atomic E-state index is 13.5. The Labute approximate surface area is 185 Å². The van der Waals surface area contributed by atoms with Gasteiger partial charge < -0.3 is 4.42 Å². The van der Waals surface area contributed by atoms with Crippen molar-refractivity contribution in [1.82, 2.24) is 0 Å². The summed E-state index contributed by atoms with van der Waals surface area (Å²) < 4.78 is 67.2. The quantitative estimate of drug-likeness (QED) is 0.414. The van der Waals surface area contributed by atoms with Crippen LogP contribution in [0.15, 0.2) is 88.3 Å². The normalized spacial score (nSPS) is 12.1. The summed E-state index contributed by atoms with van der Waals surface area (Å²) in [6.07, 6.45) is 2.65. The second-order valence-electron chi connectivity index (χ2n) is 6.83. The number of hydrogen-bond donors (Lipinski definition) is 2. The number of furan rings is 1. The standard InChI is InChI=1S/C22H17FN2O5S2/c23-18-9-10-19(22(14-18)32(24,28)29)25(31(26)27)12-11-15-5-7-16(8-6-15)21-13-17-3-1-2-4-20(17)30-21/h1-14,31H,(H2,24,28,29). The molecule has 0 saturated carbocycles. The number of thiol groups is 1. The summed E-state index contributed by atoms with van der Waals surface area (Å²) in [7, 11) is -7.63. The summed E-state index contributed by atoms with van der Waals surface area (Å²) in [5.74, 6) is -0.167. The lowest BCUT2D eigenvalue weighted by Crippen LogP contribution is -2.20. The minimum Gasteiger partial charge on any atom is -0.456 e. The molecular formula is C22H17FN2O5S2. The maximum absolute atomic E-state index is 13.5. The van der Waals surface area contributed by atoms with Gasteiger partial charge in [-0.3, -0.25) is 0 Å². The Morgan fingerprint density at radius 1 is 0.969 bits per heavy atom. The average molecular weight is 473 g/mol. The Bertz CT molecular complexity index is 1470. The second-order valence-corrected chi connectivity index (χ2v) is 9.26. The van der Waals surface area contributed by atoms with E-state index in [4.69, 9.17) is 9.56 Å². The molecule has 0 spiro atoms. The molecule has 0 bridgehead atoms. The van der Waals surface area contributed by atoms with Gasteiger partial charge in [0.1, 0.15) is 22.1 Å². The van der Waals surface area contributed by atoms with Crippen molar-refractivity contribution in [2.45, 2.75) is 4.90 Å². The molecule has 2 N–H and O–H groups in total. The van der Waals surface area contributed by atoms with E-state index in [0.717, 1.165) is 28.7 Å². The Kier molecular flexibility index (Phi) is 5.83. The summed E-state index contributed by atoms with van der Waals surface area (Å²) in [6, 6.07) is 19.3. The third-order valence-corrected chi connectivity index (χ3v) is 6.32. The molecule has 3 aromatic carbocycles. The Morgan fingerprint density at radius 2 is 1.69 bits per heavy atom. The topological polar surface area (TPSA) is 111 Å². The molecule has 0 atom stereocenters. The van der Waals surface area contributed by atoms with E-state index < -0.39 is 31.6 Å². The van der Waals surface area contributed by atoms with Crippen molar-refractivity contribution in [3.8, 4) is 11.3 Å². The van der Waals surface area contributed by atoms with Crippen molar-refractivity contribution in [1.29, 1.82) is 0 Å². The zero-order chi connectivity index (χ0) is 22.9. The fraction of sp³-hybridized carbons (Fsp3) is 0. The Morgan fingerprint density at radius 3 is 2.34 bits per heavy atom. The fourth-order valence-corrected chi connectivity index (χ4v) is 4.50. The molecule has 0 saturated heterocycles.